The number of nitrogens with zero attached hydrogens (tertiary/aromatic N) is 2. The molecule has 2 aromatic rings. The van der Waals surface area contributed by atoms with Crippen LogP contribution in [0, 0.1) is 0 Å². The van der Waals surface area contributed by atoms with E-state index in [-0.39, 0.29) is 0 Å². The highest BCUT2D eigenvalue weighted by Crippen LogP contribution is 2.24. The van der Waals surface area contributed by atoms with E-state index in [1.165, 1.54) is 11.1 Å². The van der Waals surface area contributed by atoms with Crippen LogP contribution in [-0.4, -0.2) is 18.6 Å². The lowest BCUT2D eigenvalue weighted by atomic mass is 10.1. The summed E-state index contributed by atoms with van der Waals surface area (Å²) in [5.41, 5.74) is 3.78. The van der Waals surface area contributed by atoms with Gasteiger partial charge in [-0.15, -0.1) is 0 Å². The third kappa shape index (κ3) is 3.82. The Kier molecular flexibility index (Phi) is 5.34. The maximum absolute atomic E-state index is 4.50. The van der Waals surface area contributed by atoms with Crippen LogP contribution in [0.25, 0.3) is 0 Å². The lowest BCUT2D eigenvalue weighted by Crippen LogP contribution is -2.18. The molecule has 3 nitrogen and oxygen atoms in total. The third-order valence-electron chi connectivity index (χ3n) is 3.86. The molecular formula is C18H25N3. The average molecular weight is 283 g/mol. The monoisotopic (exact) mass is 283 g/mol. The molecule has 1 unspecified atom stereocenters. The van der Waals surface area contributed by atoms with Crippen LogP contribution in [0.3, 0.4) is 0 Å². The summed E-state index contributed by atoms with van der Waals surface area (Å²) >= 11 is 0. The smallest absolute Gasteiger partial charge is 0.132 e. The number of anilines is 2. The van der Waals surface area contributed by atoms with Gasteiger partial charge in [0.25, 0.3) is 0 Å². The van der Waals surface area contributed by atoms with Gasteiger partial charge in [-0.05, 0) is 55.3 Å². The standard InChI is InChI=1S/C18H25N3/c1-5-15-7-9-17(10-8-15)21(4)18-13-16(11-12-20-18)14(3)19-6-2/h7-14,19H,5-6H2,1-4H3. The van der Waals surface area contributed by atoms with E-state index in [4.69, 9.17) is 0 Å². The highest BCUT2D eigenvalue weighted by Gasteiger charge is 2.09. The first-order valence-electron chi connectivity index (χ1n) is 7.67. The van der Waals surface area contributed by atoms with Gasteiger partial charge < -0.3 is 10.2 Å². The van der Waals surface area contributed by atoms with Gasteiger partial charge in [-0.2, -0.15) is 0 Å². The van der Waals surface area contributed by atoms with Crippen LogP contribution in [0.4, 0.5) is 11.5 Å². The van der Waals surface area contributed by atoms with Crippen molar-refractivity contribution in [3.05, 3.63) is 53.7 Å². The predicted molar refractivity (Wildman–Crippen MR) is 90.2 cm³/mol. The Bertz CT molecular complexity index is 563. The second kappa shape index (κ2) is 7.23. The maximum atomic E-state index is 4.50. The Morgan fingerprint density at radius 2 is 1.86 bits per heavy atom. The summed E-state index contributed by atoms with van der Waals surface area (Å²) in [5, 5.41) is 3.44. The highest BCUT2D eigenvalue weighted by molar-refractivity contribution is 5.60. The van der Waals surface area contributed by atoms with E-state index in [9.17, 15) is 0 Å². The van der Waals surface area contributed by atoms with Crippen LogP contribution in [0.2, 0.25) is 0 Å². The molecule has 0 amide bonds. The Morgan fingerprint density at radius 3 is 2.48 bits per heavy atom. The number of hydrogen-bond donors (Lipinski definition) is 1. The fourth-order valence-electron chi connectivity index (χ4n) is 2.40. The van der Waals surface area contributed by atoms with Crippen LogP contribution in [0.1, 0.15) is 37.9 Å². The summed E-state index contributed by atoms with van der Waals surface area (Å²) < 4.78 is 0. The van der Waals surface area contributed by atoms with Gasteiger partial charge in [-0.3, -0.25) is 0 Å². The predicted octanol–water partition coefficient (Wildman–Crippen LogP) is 4.08. The van der Waals surface area contributed by atoms with E-state index >= 15 is 0 Å². The summed E-state index contributed by atoms with van der Waals surface area (Å²) in [6.07, 6.45) is 2.95. The van der Waals surface area contributed by atoms with E-state index in [1.54, 1.807) is 0 Å². The van der Waals surface area contributed by atoms with Crippen LogP contribution >= 0.6 is 0 Å². The number of pyridine rings is 1. The second-order valence-electron chi connectivity index (χ2n) is 5.31. The largest absolute Gasteiger partial charge is 0.329 e. The molecule has 1 aromatic heterocycles. The molecule has 0 aliphatic heterocycles. The van der Waals surface area contributed by atoms with Crippen molar-refractivity contribution >= 4 is 11.5 Å². The molecule has 0 bridgehead atoms. The van der Waals surface area contributed by atoms with E-state index in [2.05, 4.69) is 79.4 Å². The first-order valence-corrected chi connectivity index (χ1v) is 7.67. The minimum absolute atomic E-state index is 0.340. The van der Waals surface area contributed by atoms with Crippen molar-refractivity contribution in [2.45, 2.75) is 33.2 Å². The highest BCUT2D eigenvalue weighted by atomic mass is 15.2. The first-order chi connectivity index (χ1) is 10.2. The number of aromatic nitrogens is 1. The molecule has 1 heterocycles. The van der Waals surface area contributed by atoms with Gasteiger partial charge in [0, 0.05) is 25.0 Å². The van der Waals surface area contributed by atoms with Gasteiger partial charge in [-0.1, -0.05) is 26.0 Å². The van der Waals surface area contributed by atoms with Crippen molar-refractivity contribution in [2.24, 2.45) is 0 Å². The van der Waals surface area contributed by atoms with Crippen molar-refractivity contribution < 1.29 is 0 Å². The molecule has 1 N–H and O–H groups in total. The molecule has 1 aromatic carbocycles. The van der Waals surface area contributed by atoms with E-state index in [1.807, 2.05) is 6.20 Å². The summed E-state index contributed by atoms with van der Waals surface area (Å²) in [4.78, 5) is 6.63. The average Bonchev–Trinajstić information content (AvgIpc) is 2.54. The van der Waals surface area contributed by atoms with Gasteiger partial charge >= 0.3 is 0 Å². The van der Waals surface area contributed by atoms with Crippen LogP contribution in [0.15, 0.2) is 42.6 Å². The zero-order valence-corrected chi connectivity index (χ0v) is 13.4. The zero-order valence-electron chi connectivity index (χ0n) is 13.4. The molecule has 0 aliphatic carbocycles. The molecule has 0 saturated carbocycles. The Balaban J connectivity index is 2.21. The quantitative estimate of drug-likeness (QED) is 0.865. The Hall–Kier alpha value is -1.87. The molecule has 112 valence electrons. The van der Waals surface area contributed by atoms with Crippen LogP contribution in [-0.2, 0) is 6.42 Å². The van der Waals surface area contributed by atoms with Crippen molar-refractivity contribution in [1.29, 1.82) is 0 Å². The van der Waals surface area contributed by atoms with Crippen molar-refractivity contribution in [2.75, 3.05) is 18.5 Å². The molecule has 0 fully saturated rings. The van der Waals surface area contributed by atoms with Crippen LogP contribution in [0.5, 0.6) is 0 Å². The normalized spacial score (nSPS) is 12.2. The molecule has 0 spiro atoms. The lowest BCUT2D eigenvalue weighted by molar-refractivity contribution is 0.597. The Labute approximate surface area is 128 Å². The van der Waals surface area contributed by atoms with E-state index < -0.39 is 0 Å². The molecule has 1 atom stereocenters. The van der Waals surface area contributed by atoms with Gasteiger partial charge in [0.2, 0.25) is 0 Å². The van der Waals surface area contributed by atoms with Crippen LogP contribution < -0.4 is 10.2 Å². The topological polar surface area (TPSA) is 28.2 Å². The maximum Gasteiger partial charge on any atom is 0.132 e. The minimum Gasteiger partial charge on any atom is -0.329 e. The first kappa shape index (κ1) is 15.5. The van der Waals surface area contributed by atoms with Gasteiger partial charge in [0.1, 0.15) is 5.82 Å². The second-order valence-corrected chi connectivity index (χ2v) is 5.31. The zero-order chi connectivity index (χ0) is 15.2. The molecule has 0 saturated heterocycles. The third-order valence-corrected chi connectivity index (χ3v) is 3.86. The summed E-state index contributed by atoms with van der Waals surface area (Å²) in [6, 6.07) is 13.2. The molecule has 0 aliphatic rings. The number of hydrogen-bond acceptors (Lipinski definition) is 3. The lowest BCUT2D eigenvalue weighted by Gasteiger charge is -2.21. The van der Waals surface area contributed by atoms with E-state index in [0.29, 0.717) is 6.04 Å². The number of benzene rings is 1. The summed E-state index contributed by atoms with van der Waals surface area (Å²) in [6.45, 7) is 7.44. The number of rotatable bonds is 6. The van der Waals surface area contributed by atoms with Crippen molar-refractivity contribution in [3.8, 4) is 0 Å². The van der Waals surface area contributed by atoms with Gasteiger partial charge in [0.15, 0.2) is 0 Å². The summed E-state index contributed by atoms with van der Waals surface area (Å²) in [5.74, 6) is 0.974. The molecule has 21 heavy (non-hydrogen) atoms. The molecule has 3 heteroatoms. The number of nitrogens with one attached hydrogen (secondary N) is 1. The molecular weight excluding hydrogens is 258 g/mol. The Morgan fingerprint density at radius 1 is 1.14 bits per heavy atom. The van der Waals surface area contributed by atoms with Crippen molar-refractivity contribution in [1.82, 2.24) is 10.3 Å². The number of aryl methyl sites for hydroxylation is 1. The summed E-state index contributed by atoms with van der Waals surface area (Å²) in [7, 11) is 2.06. The van der Waals surface area contributed by atoms with Gasteiger partial charge in [0.05, 0.1) is 0 Å². The minimum atomic E-state index is 0.340. The van der Waals surface area contributed by atoms with Gasteiger partial charge in [-0.25, -0.2) is 4.98 Å². The molecule has 2 rings (SSSR count). The fraction of sp³-hybridized carbons (Fsp3) is 0.389. The fourth-order valence-corrected chi connectivity index (χ4v) is 2.40. The van der Waals surface area contributed by atoms with E-state index in [0.717, 1.165) is 24.5 Å². The SMILES string of the molecule is CCNC(C)c1ccnc(N(C)c2ccc(CC)cc2)c1. The molecule has 0 radical (unpaired) electrons. The van der Waals surface area contributed by atoms with Crippen molar-refractivity contribution in [3.63, 3.8) is 0 Å².